The molecule has 0 bridgehead atoms. The summed E-state index contributed by atoms with van der Waals surface area (Å²) in [4.78, 5) is 22.0. The van der Waals surface area contributed by atoms with Crippen LogP contribution in [0.1, 0.15) is 15.9 Å². The number of nitrogen functional groups attached to an aromatic ring is 1. The van der Waals surface area contributed by atoms with Crippen molar-refractivity contribution in [3.63, 3.8) is 0 Å². The Morgan fingerprint density at radius 3 is 2.68 bits per heavy atom. The smallest absolute Gasteiger partial charge is 0.337 e. The molecule has 1 amide bonds. The number of nitrogens with one attached hydrogen (secondary N) is 1. The van der Waals surface area contributed by atoms with Crippen molar-refractivity contribution in [3.8, 4) is 0 Å². The number of hydrogen-bond donors (Lipinski definition) is 3. The van der Waals surface area contributed by atoms with E-state index in [0.29, 0.717) is 5.56 Å². The Kier molecular flexibility index (Phi) is 3.16. The van der Waals surface area contributed by atoms with Crippen LogP contribution in [0.15, 0.2) is 18.2 Å². The lowest BCUT2D eigenvalue weighted by Gasteiger charge is -2.13. The number of carbonyl (C=O) groups is 2. The number of benzene rings is 1. The number of aromatic carboxylic acids is 1. The molecule has 0 atom stereocenters. The number of hydrogen-bond acceptors (Lipinski definition) is 5. The van der Waals surface area contributed by atoms with Crippen LogP contribution < -0.4 is 10.5 Å². The molecule has 0 aliphatic carbocycles. The normalized spacial score (nSPS) is 18.2. The lowest BCUT2D eigenvalue weighted by molar-refractivity contribution is -0.118. The van der Waals surface area contributed by atoms with Crippen molar-refractivity contribution in [2.24, 2.45) is 0 Å². The molecular formula is C10H11N3O5S. The average molecular weight is 285 g/mol. The second-order valence-corrected chi connectivity index (χ2v) is 5.70. The van der Waals surface area contributed by atoms with Crippen molar-refractivity contribution >= 4 is 27.8 Å². The fourth-order valence-corrected chi connectivity index (χ4v) is 2.80. The number of nitrogens with two attached hydrogens (primary N) is 1. The first-order chi connectivity index (χ1) is 8.79. The van der Waals surface area contributed by atoms with Gasteiger partial charge in [0.15, 0.2) is 0 Å². The predicted molar refractivity (Wildman–Crippen MR) is 65.3 cm³/mol. The maximum Gasteiger partial charge on any atom is 0.337 e. The number of carboxylic acid groups (broad SMARTS) is 1. The molecule has 2 rings (SSSR count). The van der Waals surface area contributed by atoms with Crippen molar-refractivity contribution in [1.29, 1.82) is 0 Å². The van der Waals surface area contributed by atoms with E-state index in [0.717, 1.165) is 4.31 Å². The molecule has 1 saturated heterocycles. The van der Waals surface area contributed by atoms with Gasteiger partial charge in [0.2, 0.25) is 5.91 Å². The summed E-state index contributed by atoms with van der Waals surface area (Å²) in [6, 6.07) is 4.19. The van der Waals surface area contributed by atoms with Crippen molar-refractivity contribution < 1.29 is 23.1 Å². The number of nitrogens with zero attached hydrogens (tertiary/aromatic N) is 1. The number of carbonyl (C=O) groups excluding carboxylic acids is 1. The molecule has 9 heteroatoms. The third-order valence-corrected chi connectivity index (χ3v) is 4.03. The third-order valence-electron chi connectivity index (χ3n) is 2.61. The Balaban J connectivity index is 2.28. The minimum atomic E-state index is -3.82. The van der Waals surface area contributed by atoms with Gasteiger partial charge in [0.25, 0.3) is 0 Å². The zero-order valence-corrected chi connectivity index (χ0v) is 10.5. The fourth-order valence-electron chi connectivity index (χ4n) is 1.72. The van der Waals surface area contributed by atoms with Crippen LogP contribution in [0, 0.1) is 0 Å². The minimum Gasteiger partial charge on any atom is -0.478 e. The van der Waals surface area contributed by atoms with E-state index >= 15 is 0 Å². The average Bonchev–Trinajstić information content (AvgIpc) is 2.54. The summed E-state index contributed by atoms with van der Waals surface area (Å²) in [5.41, 5.74) is 5.92. The summed E-state index contributed by atoms with van der Waals surface area (Å²) in [5.74, 6) is -1.81. The van der Waals surface area contributed by atoms with Gasteiger partial charge in [-0.3, -0.25) is 4.79 Å². The summed E-state index contributed by atoms with van der Waals surface area (Å²) in [6.07, 6.45) is 0. The van der Waals surface area contributed by atoms with Crippen LogP contribution in [0.5, 0.6) is 0 Å². The molecule has 0 saturated carbocycles. The van der Waals surface area contributed by atoms with Gasteiger partial charge >= 0.3 is 16.2 Å². The Morgan fingerprint density at radius 1 is 1.47 bits per heavy atom. The van der Waals surface area contributed by atoms with Gasteiger partial charge < -0.3 is 10.8 Å². The second kappa shape index (κ2) is 4.52. The maximum absolute atomic E-state index is 11.5. The van der Waals surface area contributed by atoms with Crippen LogP contribution in [0.3, 0.4) is 0 Å². The van der Waals surface area contributed by atoms with Gasteiger partial charge in [-0.1, -0.05) is 6.07 Å². The highest BCUT2D eigenvalue weighted by Gasteiger charge is 2.33. The van der Waals surface area contributed by atoms with E-state index in [2.05, 4.69) is 0 Å². The predicted octanol–water partition coefficient (Wildman–Crippen LogP) is -0.856. The van der Waals surface area contributed by atoms with Crippen LogP contribution in [0.2, 0.25) is 0 Å². The molecule has 1 aromatic rings. The van der Waals surface area contributed by atoms with Crippen LogP contribution in [-0.2, 0) is 21.5 Å². The number of amides is 1. The zero-order valence-electron chi connectivity index (χ0n) is 9.66. The molecule has 1 fully saturated rings. The van der Waals surface area contributed by atoms with Gasteiger partial charge in [-0.2, -0.15) is 12.7 Å². The number of carboxylic acids is 1. The maximum atomic E-state index is 11.5. The van der Waals surface area contributed by atoms with E-state index in [-0.39, 0.29) is 24.3 Å². The standard InChI is InChI=1S/C10H11N3O5S/c11-8-2-1-6(3-7(8)10(15)16)4-13-5-9(14)12-19(13,17)18/h1-3H,4-5,11H2,(H,12,14)(H,15,16). The Hall–Kier alpha value is -2.13. The molecule has 19 heavy (non-hydrogen) atoms. The topological polar surface area (TPSA) is 130 Å². The van der Waals surface area contributed by atoms with Crippen molar-refractivity contribution in [2.45, 2.75) is 6.54 Å². The Labute approximate surface area is 109 Å². The minimum absolute atomic E-state index is 0.0923. The largest absolute Gasteiger partial charge is 0.478 e. The third kappa shape index (κ3) is 2.66. The molecule has 0 radical (unpaired) electrons. The molecule has 8 nitrogen and oxygen atoms in total. The van der Waals surface area contributed by atoms with Gasteiger partial charge in [-0.15, -0.1) is 0 Å². The molecule has 0 unspecified atom stereocenters. The van der Waals surface area contributed by atoms with E-state index in [4.69, 9.17) is 10.8 Å². The summed E-state index contributed by atoms with van der Waals surface area (Å²) >= 11 is 0. The summed E-state index contributed by atoms with van der Waals surface area (Å²) in [5, 5.41) is 8.92. The zero-order chi connectivity index (χ0) is 14.2. The van der Waals surface area contributed by atoms with Gasteiger partial charge in [0, 0.05) is 12.2 Å². The molecule has 0 aromatic heterocycles. The SMILES string of the molecule is Nc1ccc(CN2CC(=O)NS2(=O)=O)cc1C(=O)O. The molecular weight excluding hydrogens is 274 g/mol. The van der Waals surface area contributed by atoms with E-state index in [1.807, 2.05) is 4.72 Å². The monoisotopic (exact) mass is 285 g/mol. The highest BCUT2D eigenvalue weighted by Crippen LogP contribution is 2.18. The first kappa shape index (κ1) is 13.3. The van der Waals surface area contributed by atoms with Gasteiger partial charge in [0.1, 0.15) is 0 Å². The van der Waals surface area contributed by atoms with E-state index in [9.17, 15) is 18.0 Å². The van der Waals surface area contributed by atoms with Crippen molar-refractivity contribution in [2.75, 3.05) is 12.3 Å². The van der Waals surface area contributed by atoms with Gasteiger partial charge in [0.05, 0.1) is 12.1 Å². The molecule has 4 N–H and O–H groups in total. The van der Waals surface area contributed by atoms with E-state index in [1.54, 1.807) is 0 Å². The quantitative estimate of drug-likeness (QED) is 0.620. The van der Waals surface area contributed by atoms with Crippen LogP contribution >= 0.6 is 0 Å². The Morgan fingerprint density at radius 2 is 2.16 bits per heavy atom. The lowest BCUT2D eigenvalue weighted by Crippen LogP contribution is -2.29. The summed E-state index contributed by atoms with van der Waals surface area (Å²) in [6.45, 7) is -0.378. The second-order valence-electron chi connectivity index (χ2n) is 4.03. The van der Waals surface area contributed by atoms with Crippen LogP contribution in [0.4, 0.5) is 5.69 Å². The molecule has 1 aromatic carbocycles. The Bertz CT molecular complexity index is 655. The molecule has 0 spiro atoms. The molecule has 102 valence electrons. The highest BCUT2D eigenvalue weighted by atomic mass is 32.2. The number of anilines is 1. The van der Waals surface area contributed by atoms with Gasteiger partial charge in [-0.25, -0.2) is 9.52 Å². The molecule has 1 heterocycles. The van der Waals surface area contributed by atoms with Gasteiger partial charge in [-0.05, 0) is 17.7 Å². The molecule has 1 aliphatic rings. The van der Waals surface area contributed by atoms with E-state index in [1.165, 1.54) is 18.2 Å². The van der Waals surface area contributed by atoms with Crippen LogP contribution in [-0.4, -0.2) is 36.3 Å². The van der Waals surface area contributed by atoms with Crippen molar-refractivity contribution in [3.05, 3.63) is 29.3 Å². The summed E-state index contributed by atoms with van der Waals surface area (Å²) in [7, 11) is -3.82. The first-order valence-corrected chi connectivity index (χ1v) is 6.66. The van der Waals surface area contributed by atoms with Crippen molar-refractivity contribution in [1.82, 2.24) is 9.03 Å². The fraction of sp³-hybridized carbons (Fsp3) is 0.200. The van der Waals surface area contributed by atoms with Crippen LogP contribution in [0.25, 0.3) is 0 Å². The molecule has 1 aliphatic heterocycles. The summed E-state index contributed by atoms with van der Waals surface area (Å²) < 4.78 is 25.8. The number of rotatable bonds is 3. The van der Waals surface area contributed by atoms with E-state index < -0.39 is 22.1 Å². The lowest BCUT2D eigenvalue weighted by atomic mass is 10.1. The first-order valence-electron chi connectivity index (χ1n) is 5.22. The highest BCUT2D eigenvalue weighted by molar-refractivity contribution is 7.88.